The highest BCUT2D eigenvalue weighted by Crippen LogP contribution is 2.40. The zero-order valence-corrected chi connectivity index (χ0v) is 11.4. The molecule has 0 aromatic carbocycles. The summed E-state index contributed by atoms with van der Waals surface area (Å²) in [5.74, 6) is 0.904. The van der Waals surface area contributed by atoms with Gasteiger partial charge in [-0.2, -0.15) is 0 Å². The summed E-state index contributed by atoms with van der Waals surface area (Å²) in [5.41, 5.74) is 1.71. The molecule has 98 valence electrons. The third-order valence-corrected chi connectivity index (χ3v) is 4.50. The van der Waals surface area contributed by atoms with Crippen molar-refractivity contribution in [3.8, 4) is 0 Å². The van der Waals surface area contributed by atoms with Crippen LogP contribution in [0.5, 0.6) is 0 Å². The predicted octanol–water partition coefficient (Wildman–Crippen LogP) is 1.71. The molecule has 18 heavy (non-hydrogen) atoms. The van der Waals surface area contributed by atoms with Crippen LogP contribution in [0.3, 0.4) is 0 Å². The summed E-state index contributed by atoms with van der Waals surface area (Å²) in [6.07, 6.45) is 7.77. The Morgan fingerprint density at radius 3 is 2.22 bits per heavy atom. The quantitative estimate of drug-likeness (QED) is 0.755. The van der Waals surface area contributed by atoms with E-state index in [0.717, 1.165) is 24.6 Å². The van der Waals surface area contributed by atoms with Crippen molar-refractivity contribution in [2.24, 2.45) is 5.41 Å². The van der Waals surface area contributed by atoms with E-state index in [1.165, 1.54) is 32.4 Å². The smallest absolute Gasteiger partial charge is 0.225 e. The molecule has 2 aliphatic rings. The Hall–Kier alpha value is -1.16. The van der Waals surface area contributed by atoms with Gasteiger partial charge in [-0.25, -0.2) is 9.97 Å². The fourth-order valence-corrected chi connectivity index (χ4v) is 3.30. The van der Waals surface area contributed by atoms with Crippen molar-refractivity contribution in [2.75, 3.05) is 38.1 Å². The average molecular weight is 246 g/mol. The standard InChI is InChI=1S/C14H22N4/c1-12-9-15-13(16-10-12)18-7-4-14(5-8-18)3-6-17(2)11-14/h9-10H,3-8,11H2,1-2H3. The number of aryl methyl sites for hydroxylation is 1. The van der Waals surface area contributed by atoms with Gasteiger partial charge in [-0.3, -0.25) is 0 Å². The van der Waals surface area contributed by atoms with E-state index in [1.54, 1.807) is 0 Å². The second-order valence-electron chi connectivity index (χ2n) is 6.04. The monoisotopic (exact) mass is 246 g/mol. The number of anilines is 1. The van der Waals surface area contributed by atoms with Gasteiger partial charge in [0.15, 0.2) is 0 Å². The van der Waals surface area contributed by atoms with E-state index in [-0.39, 0.29) is 0 Å². The summed E-state index contributed by atoms with van der Waals surface area (Å²) < 4.78 is 0. The van der Waals surface area contributed by atoms with E-state index in [0.29, 0.717) is 5.41 Å². The average Bonchev–Trinajstić information content (AvgIpc) is 2.73. The molecule has 1 spiro atoms. The Morgan fingerprint density at radius 2 is 1.67 bits per heavy atom. The topological polar surface area (TPSA) is 32.3 Å². The lowest BCUT2D eigenvalue weighted by atomic mass is 9.78. The van der Waals surface area contributed by atoms with Crippen LogP contribution in [0, 0.1) is 12.3 Å². The Morgan fingerprint density at radius 1 is 1.06 bits per heavy atom. The Kier molecular flexibility index (Phi) is 2.98. The first-order chi connectivity index (χ1) is 8.67. The number of piperidine rings is 1. The molecule has 0 saturated carbocycles. The van der Waals surface area contributed by atoms with Crippen LogP contribution in [-0.2, 0) is 0 Å². The molecule has 0 N–H and O–H groups in total. The molecule has 4 heteroatoms. The second kappa shape index (κ2) is 4.50. The molecule has 1 aromatic rings. The summed E-state index contributed by atoms with van der Waals surface area (Å²) in [7, 11) is 2.24. The summed E-state index contributed by atoms with van der Waals surface area (Å²) in [4.78, 5) is 13.7. The first kappa shape index (κ1) is 11.9. The number of likely N-dealkylation sites (tertiary alicyclic amines) is 1. The first-order valence-electron chi connectivity index (χ1n) is 6.89. The largest absolute Gasteiger partial charge is 0.341 e. The highest BCUT2D eigenvalue weighted by molar-refractivity contribution is 5.30. The fraction of sp³-hybridized carbons (Fsp3) is 0.714. The van der Waals surface area contributed by atoms with Crippen LogP contribution in [0.15, 0.2) is 12.4 Å². The van der Waals surface area contributed by atoms with Crippen molar-refractivity contribution in [3.63, 3.8) is 0 Å². The summed E-state index contributed by atoms with van der Waals surface area (Å²) in [6.45, 7) is 6.79. The molecular weight excluding hydrogens is 224 g/mol. The minimum Gasteiger partial charge on any atom is -0.341 e. The number of hydrogen-bond acceptors (Lipinski definition) is 4. The van der Waals surface area contributed by atoms with Crippen molar-refractivity contribution in [3.05, 3.63) is 18.0 Å². The van der Waals surface area contributed by atoms with Gasteiger partial charge >= 0.3 is 0 Å². The van der Waals surface area contributed by atoms with Crippen LogP contribution >= 0.6 is 0 Å². The summed E-state index contributed by atoms with van der Waals surface area (Å²) >= 11 is 0. The van der Waals surface area contributed by atoms with Gasteiger partial charge in [0.25, 0.3) is 0 Å². The molecule has 2 saturated heterocycles. The number of rotatable bonds is 1. The van der Waals surface area contributed by atoms with Crippen molar-refractivity contribution >= 4 is 5.95 Å². The molecule has 4 nitrogen and oxygen atoms in total. The number of hydrogen-bond donors (Lipinski definition) is 0. The van der Waals surface area contributed by atoms with Crippen LogP contribution in [0.2, 0.25) is 0 Å². The van der Waals surface area contributed by atoms with Crippen LogP contribution in [0.25, 0.3) is 0 Å². The first-order valence-corrected chi connectivity index (χ1v) is 6.89. The van der Waals surface area contributed by atoms with Crippen molar-refractivity contribution in [1.82, 2.24) is 14.9 Å². The van der Waals surface area contributed by atoms with E-state index in [9.17, 15) is 0 Å². The highest BCUT2D eigenvalue weighted by atomic mass is 15.3. The van der Waals surface area contributed by atoms with Crippen molar-refractivity contribution in [2.45, 2.75) is 26.2 Å². The van der Waals surface area contributed by atoms with Gasteiger partial charge in [0.1, 0.15) is 0 Å². The van der Waals surface area contributed by atoms with Crippen LogP contribution in [-0.4, -0.2) is 48.1 Å². The molecular formula is C14H22N4. The number of nitrogens with zero attached hydrogens (tertiary/aromatic N) is 4. The van der Waals surface area contributed by atoms with E-state index in [2.05, 4.69) is 26.8 Å². The van der Waals surface area contributed by atoms with Crippen molar-refractivity contribution < 1.29 is 0 Å². The van der Waals surface area contributed by atoms with Gasteiger partial charge in [0.2, 0.25) is 5.95 Å². The van der Waals surface area contributed by atoms with Crippen molar-refractivity contribution in [1.29, 1.82) is 0 Å². The van der Waals surface area contributed by atoms with Crippen LogP contribution in [0.4, 0.5) is 5.95 Å². The summed E-state index contributed by atoms with van der Waals surface area (Å²) in [6, 6.07) is 0. The maximum atomic E-state index is 4.44. The zero-order valence-electron chi connectivity index (χ0n) is 11.4. The van der Waals surface area contributed by atoms with Crippen LogP contribution < -0.4 is 4.90 Å². The molecule has 2 fully saturated rings. The minimum absolute atomic E-state index is 0.579. The second-order valence-corrected chi connectivity index (χ2v) is 6.04. The van der Waals surface area contributed by atoms with Gasteiger partial charge in [0.05, 0.1) is 0 Å². The van der Waals surface area contributed by atoms with Gasteiger partial charge in [-0.1, -0.05) is 0 Å². The molecule has 0 radical (unpaired) electrons. The molecule has 0 atom stereocenters. The molecule has 3 rings (SSSR count). The predicted molar refractivity (Wildman–Crippen MR) is 72.8 cm³/mol. The highest BCUT2D eigenvalue weighted by Gasteiger charge is 2.39. The van der Waals surface area contributed by atoms with E-state index < -0.39 is 0 Å². The molecule has 0 bridgehead atoms. The van der Waals surface area contributed by atoms with Gasteiger partial charge in [-0.15, -0.1) is 0 Å². The van der Waals surface area contributed by atoms with Crippen LogP contribution in [0.1, 0.15) is 24.8 Å². The lowest BCUT2D eigenvalue weighted by molar-refractivity contribution is 0.221. The fourth-order valence-electron chi connectivity index (χ4n) is 3.30. The molecule has 0 amide bonds. The zero-order chi connectivity index (χ0) is 12.6. The maximum Gasteiger partial charge on any atom is 0.225 e. The molecule has 2 aliphatic heterocycles. The third-order valence-electron chi connectivity index (χ3n) is 4.50. The van der Waals surface area contributed by atoms with E-state index in [1.807, 2.05) is 19.3 Å². The van der Waals surface area contributed by atoms with E-state index >= 15 is 0 Å². The number of aromatic nitrogens is 2. The Bertz CT molecular complexity index is 406. The Labute approximate surface area is 109 Å². The lowest BCUT2D eigenvalue weighted by Gasteiger charge is -2.39. The Balaban J connectivity index is 1.65. The molecule has 3 heterocycles. The third kappa shape index (κ3) is 2.21. The lowest BCUT2D eigenvalue weighted by Crippen LogP contribution is -2.42. The minimum atomic E-state index is 0.579. The molecule has 0 aliphatic carbocycles. The summed E-state index contributed by atoms with van der Waals surface area (Å²) in [5, 5.41) is 0. The maximum absolute atomic E-state index is 4.44. The molecule has 0 unspecified atom stereocenters. The normalized spacial score (nSPS) is 23.8. The SMILES string of the molecule is Cc1cnc(N2CCC3(CCN(C)C3)CC2)nc1. The van der Waals surface area contributed by atoms with Gasteiger partial charge < -0.3 is 9.80 Å². The molecule has 1 aromatic heterocycles. The van der Waals surface area contributed by atoms with E-state index in [4.69, 9.17) is 0 Å². The van der Waals surface area contributed by atoms with Gasteiger partial charge in [-0.05, 0) is 50.8 Å². The van der Waals surface area contributed by atoms with Gasteiger partial charge in [0, 0.05) is 32.0 Å².